The monoisotopic (exact) mass is 344 g/mol. The molecule has 0 saturated heterocycles. The summed E-state index contributed by atoms with van der Waals surface area (Å²) in [6.45, 7) is 1.02. The predicted molar refractivity (Wildman–Crippen MR) is 79.2 cm³/mol. The van der Waals surface area contributed by atoms with E-state index in [4.69, 9.17) is 14.6 Å². The van der Waals surface area contributed by atoms with Crippen molar-refractivity contribution in [1.29, 1.82) is 0 Å². The largest absolute Gasteiger partial charge is 0.495 e. The third-order valence-electron chi connectivity index (χ3n) is 3.46. The molecule has 126 valence electrons. The number of carboxylic acids is 1. The van der Waals surface area contributed by atoms with Crippen molar-refractivity contribution < 1.29 is 32.6 Å². The molecule has 9 nitrogen and oxygen atoms in total. The summed E-state index contributed by atoms with van der Waals surface area (Å²) < 4.78 is 36.3. The maximum absolute atomic E-state index is 12.6. The molecular formula is C13H16N2O7S. The van der Waals surface area contributed by atoms with Gasteiger partial charge in [0, 0.05) is 19.2 Å². The van der Waals surface area contributed by atoms with Gasteiger partial charge in [-0.15, -0.1) is 0 Å². The first-order valence-corrected chi connectivity index (χ1v) is 7.98. The van der Waals surface area contributed by atoms with Crippen molar-refractivity contribution in [3.8, 4) is 11.5 Å². The fourth-order valence-corrected chi connectivity index (χ4v) is 3.44. The average Bonchev–Trinajstić information content (AvgIpc) is 2.51. The maximum atomic E-state index is 12.6. The molecule has 1 aliphatic heterocycles. The average molecular weight is 344 g/mol. The van der Waals surface area contributed by atoms with Gasteiger partial charge in [-0.1, -0.05) is 0 Å². The van der Waals surface area contributed by atoms with Crippen LogP contribution < -0.4 is 14.8 Å². The summed E-state index contributed by atoms with van der Waals surface area (Å²) in [6, 6.07) is 1.26. The highest BCUT2D eigenvalue weighted by molar-refractivity contribution is 7.89. The summed E-state index contributed by atoms with van der Waals surface area (Å²) >= 11 is 0. The van der Waals surface area contributed by atoms with Crippen LogP contribution in [-0.2, 0) is 19.6 Å². The van der Waals surface area contributed by atoms with Gasteiger partial charge in [0.2, 0.25) is 10.0 Å². The number of nitrogens with zero attached hydrogens (tertiary/aromatic N) is 1. The number of carbonyl (C=O) groups is 2. The van der Waals surface area contributed by atoms with E-state index in [2.05, 4.69) is 5.32 Å². The molecule has 10 heteroatoms. The molecular weight excluding hydrogens is 328 g/mol. The van der Waals surface area contributed by atoms with Crippen LogP contribution in [0.5, 0.6) is 11.5 Å². The highest BCUT2D eigenvalue weighted by Crippen LogP contribution is 2.38. The van der Waals surface area contributed by atoms with Gasteiger partial charge in [-0.2, -0.15) is 4.31 Å². The van der Waals surface area contributed by atoms with Crippen molar-refractivity contribution in [2.24, 2.45) is 0 Å². The Hall–Kier alpha value is -2.33. The summed E-state index contributed by atoms with van der Waals surface area (Å²) in [5.74, 6) is -1.51. The molecule has 1 aromatic rings. The first-order valence-electron chi connectivity index (χ1n) is 6.54. The third-order valence-corrected chi connectivity index (χ3v) is 5.41. The predicted octanol–water partition coefficient (Wildman–Crippen LogP) is 0.120. The van der Waals surface area contributed by atoms with E-state index in [1.165, 1.54) is 26.2 Å². The third kappa shape index (κ3) is 3.08. The van der Waals surface area contributed by atoms with Crippen molar-refractivity contribution in [3.05, 3.63) is 12.1 Å². The van der Waals surface area contributed by atoms with Crippen LogP contribution in [0.25, 0.3) is 0 Å². The van der Waals surface area contributed by atoms with Gasteiger partial charge < -0.3 is 19.9 Å². The van der Waals surface area contributed by atoms with Crippen LogP contribution in [0.1, 0.15) is 6.92 Å². The molecule has 1 amide bonds. The van der Waals surface area contributed by atoms with Gasteiger partial charge in [-0.25, -0.2) is 8.42 Å². The summed E-state index contributed by atoms with van der Waals surface area (Å²) in [6.07, 6.45) is 0. The van der Waals surface area contributed by atoms with Gasteiger partial charge in [-0.05, 0) is 6.92 Å². The van der Waals surface area contributed by atoms with E-state index in [1.54, 1.807) is 0 Å². The van der Waals surface area contributed by atoms with Crippen LogP contribution in [-0.4, -0.2) is 56.5 Å². The molecule has 0 aromatic heterocycles. The van der Waals surface area contributed by atoms with E-state index in [0.717, 1.165) is 11.4 Å². The molecule has 0 spiro atoms. The second-order valence-electron chi connectivity index (χ2n) is 4.87. The Balaban J connectivity index is 2.54. The van der Waals surface area contributed by atoms with Crippen molar-refractivity contribution in [2.45, 2.75) is 17.9 Å². The van der Waals surface area contributed by atoms with Crippen LogP contribution in [0.3, 0.4) is 0 Å². The summed E-state index contributed by atoms with van der Waals surface area (Å²) in [5, 5.41) is 11.5. The van der Waals surface area contributed by atoms with Crippen LogP contribution >= 0.6 is 0 Å². The van der Waals surface area contributed by atoms with E-state index < -0.39 is 22.0 Å². The molecule has 23 heavy (non-hydrogen) atoms. The minimum absolute atomic E-state index is 0.0287. The zero-order valence-corrected chi connectivity index (χ0v) is 13.5. The first kappa shape index (κ1) is 17.0. The molecule has 2 N–H and O–H groups in total. The van der Waals surface area contributed by atoms with Crippen molar-refractivity contribution >= 4 is 27.6 Å². The Morgan fingerprint density at radius 2 is 2.13 bits per heavy atom. The number of hydrogen-bond donors (Lipinski definition) is 2. The molecule has 2 rings (SSSR count). The Kier molecular flexibility index (Phi) is 4.48. The van der Waals surface area contributed by atoms with Gasteiger partial charge in [0.15, 0.2) is 6.61 Å². The molecule has 0 fully saturated rings. The van der Waals surface area contributed by atoms with E-state index in [0.29, 0.717) is 0 Å². The SMILES string of the molecule is COc1cc2c(cc1S(=O)(=O)N(C)C(C)C(=O)O)OCC(=O)N2. The number of rotatable bonds is 5. The number of benzene rings is 1. The zero-order chi connectivity index (χ0) is 17.4. The number of amides is 1. The van der Waals surface area contributed by atoms with Crippen molar-refractivity contribution in [3.63, 3.8) is 0 Å². The number of carbonyl (C=O) groups excluding carboxylic acids is 1. The maximum Gasteiger partial charge on any atom is 0.321 e. The smallest absolute Gasteiger partial charge is 0.321 e. The summed E-state index contributed by atoms with van der Waals surface area (Å²) in [5.41, 5.74) is 0.283. The van der Waals surface area contributed by atoms with Crippen LogP contribution in [0.15, 0.2) is 17.0 Å². The molecule has 1 aromatic carbocycles. The van der Waals surface area contributed by atoms with Gasteiger partial charge in [0.1, 0.15) is 22.4 Å². The lowest BCUT2D eigenvalue weighted by molar-refractivity contribution is -0.140. The fourth-order valence-electron chi connectivity index (χ4n) is 1.97. The summed E-state index contributed by atoms with van der Waals surface area (Å²) in [4.78, 5) is 22.1. The second-order valence-corrected chi connectivity index (χ2v) is 6.84. The first-order chi connectivity index (χ1) is 10.7. The minimum atomic E-state index is -4.14. The highest BCUT2D eigenvalue weighted by Gasteiger charge is 2.33. The molecule has 1 heterocycles. The minimum Gasteiger partial charge on any atom is -0.495 e. The molecule has 1 unspecified atom stereocenters. The lowest BCUT2D eigenvalue weighted by Crippen LogP contribution is -2.40. The lowest BCUT2D eigenvalue weighted by atomic mass is 10.2. The van der Waals surface area contributed by atoms with Gasteiger partial charge in [0.25, 0.3) is 5.91 Å². The zero-order valence-electron chi connectivity index (χ0n) is 12.7. The van der Waals surface area contributed by atoms with Crippen molar-refractivity contribution in [2.75, 3.05) is 26.1 Å². The quantitative estimate of drug-likeness (QED) is 0.778. The van der Waals surface area contributed by atoms with Crippen LogP contribution in [0.2, 0.25) is 0 Å². The normalized spacial score (nSPS) is 15.4. The summed E-state index contributed by atoms with van der Waals surface area (Å²) in [7, 11) is -1.71. The number of hydrogen-bond acceptors (Lipinski definition) is 6. The lowest BCUT2D eigenvalue weighted by Gasteiger charge is -2.24. The molecule has 0 bridgehead atoms. The van der Waals surface area contributed by atoms with Crippen LogP contribution in [0, 0.1) is 0 Å². The molecule has 0 saturated carbocycles. The van der Waals surface area contributed by atoms with Gasteiger partial charge in [-0.3, -0.25) is 9.59 Å². The standard InChI is InChI=1S/C13H16N2O7S/c1-7(13(17)18)15(2)23(19,20)11-5-9-8(4-10(11)21-3)14-12(16)6-22-9/h4-5,7H,6H2,1-3H3,(H,14,16)(H,17,18). The topological polar surface area (TPSA) is 122 Å². The van der Waals surface area contributed by atoms with Gasteiger partial charge >= 0.3 is 5.97 Å². The molecule has 0 radical (unpaired) electrons. The van der Waals surface area contributed by atoms with E-state index in [9.17, 15) is 18.0 Å². The number of likely N-dealkylation sites (N-methyl/N-ethyl adjacent to an activating group) is 1. The van der Waals surface area contributed by atoms with Crippen molar-refractivity contribution in [1.82, 2.24) is 4.31 Å². The second kappa shape index (κ2) is 6.05. The molecule has 0 aliphatic carbocycles. The number of anilines is 1. The number of sulfonamides is 1. The number of methoxy groups -OCH3 is 1. The number of nitrogens with one attached hydrogen (secondary N) is 1. The van der Waals surface area contributed by atoms with E-state index in [1.807, 2.05) is 0 Å². The number of aliphatic carboxylic acids is 1. The van der Waals surface area contributed by atoms with E-state index >= 15 is 0 Å². The molecule has 1 aliphatic rings. The number of ether oxygens (including phenoxy) is 2. The Labute approximate surface area is 132 Å². The van der Waals surface area contributed by atoms with E-state index in [-0.39, 0.29) is 34.6 Å². The Bertz CT molecular complexity index is 760. The molecule has 1 atom stereocenters. The fraction of sp³-hybridized carbons (Fsp3) is 0.385. The van der Waals surface area contributed by atoms with Gasteiger partial charge in [0.05, 0.1) is 12.8 Å². The Morgan fingerprint density at radius 3 is 2.70 bits per heavy atom. The number of fused-ring (bicyclic) bond motifs is 1. The van der Waals surface area contributed by atoms with Crippen LogP contribution in [0.4, 0.5) is 5.69 Å². The highest BCUT2D eigenvalue weighted by atomic mass is 32.2. The Morgan fingerprint density at radius 1 is 1.48 bits per heavy atom. The number of carboxylic acid groups (broad SMARTS) is 1.